The van der Waals surface area contributed by atoms with Crippen LogP contribution in [0.3, 0.4) is 0 Å². The highest BCUT2D eigenvalue weighted by atomic mass is 16.3. The van der Waals surface area contributed by atoms with E-state index in [2.05, 4.69) is 28.9 Å². The summed E-state index contributed by atoms with van der Waals surface area (Å²) in [6.45, 7) is 4.07. The highest BCUT2D eigenvalue weighted by Crippen LogP contribution is 2.22. The Labute approximate surface area is 109 Å². The molecule has 18 heavy (non-hydrogen) atoms. The molecule has 1 aromatic rings. The van der Waals surface area contributed by atoms with Crippen molar-refractivity contribution in [3.8, 4) is 0 Å². The second kappa shape index (κ2) is 5.67. The van der Waals surface area contributed by atoms with Gasteiger partial charge in [-0.15, -0.1) is 0 Å². The van der Waals surface area contributed by atoms with Crippen LogP contribution in [0, 0.1) is 0 Å². The Morgan fingerprint density at radius 1 is 1.44 bits per heavy atom. The van der Waals surface area contributed by atoms with Gasteiger partial charge in [-0.2, -0.15) is 0 Å². The molecular weight excluding hydrogens is 226 g/mol. The summed E-state index contributed by atoms with van der Waals surface area (Å²) in [5.74, 6) is 0.961. The Hall–Kier alpha value is -1.13. The van der Waals surface area contributed by atoms with Crippen molar-refractivity contribution in [3.63, 3.8) is 0 Å². The number of likely N-dealkylation sites (tertiary alicyclic amines) is 1. The molecular formula is C14H23N3O. The third-order valence-electron chi connectivity index (χ3n) is 3.85. The van der Waals surface area contributed by atoms with Crippen molar-refractivity contribution in [2.75, 3.05) is 32.1 Å². The van der Waals surface area contributed by atoms with E-state index in [-0.39, 0.29) is 0 Å². The number of hydrogen-bond acceptors (Lipinski definition) is 4. The molecule has 1 aromatic heterocycles. The molecule has 0 spiro atoms. The molecule has 4 heteroatoms. The minimum Gasteiger partial charge on any atom is -0.389 e. The minimum absolute atomic E-state index is 0.433. The molecule has 0 aliphatic carbocycles. The molecule has 1 aliphatic heterocycles. The maximum atomic E-state index is 9.62. The number of aliphatic hydroxyl groups excluding tert-OH is 1. The largest absolute Gasteiger partial charge is 0.389 e. The highest BCUT2D eigenvalue weighted by molar-refractivity contribution is 5.41. The van der Waals surface area contributed by atoms with Gasteiger partial charge >= 0.3 is 0 Å². The fourth-order valence-electron chi connectivity index (χ4n) is 2.46. The van der Waals surface area contributed by atoms with Crippen LogP contribution in [-0.2, 0) is 0 Å². The zero-order valence-corrected chi connectivity index (χ0v) is 11.5. The van der Waals surface area contributed by atoms with Gasteiger partial charge in [-0.25, -0.2) is 4.98 Å². The van der Waals surface area contributed by atoms with Crippen molar-refractivity contribution in [3.05, 3.63) is 23.9 Å². The van der Waals surface area contributed by atoms with Gasteiger partial charge in [-0.05, 0) is 57.6 Å². The van der Waals surface area contributed by atoms with Gasteiger partial charge in [0.1, 0.15) is 5.82 Å². The molecule has 0 bridgehead atoms. The molecule has 2 rings (SSSR count). The lowest BCUT2D eigenvalue weighted by Crippen LogP contribution is -2.42. The summed E-state index contributed by atoms with van der Waals surface area (Å²) in [6, 6.07) is 4.41. The van der Waals surface area contributed by atoms with Crippen LogP contribution in [0.4, 0.5) is 5.82 Å². The molecule has 0 radical (unpaired) electrons. The molecule has 1 fully saturated rings. The van der Waals surface area contributed by atoms with E-state index in [1.807, 2.05) is 12.1 Å². The molecule has 0 aromatic carbocycles. The Morgan fingerprint density at radius 2 is 2.11 bits per heavy atom. The van der Waals surface area contributed by atoms with Crippen LogP contribution < -0.4 is 4.90 Å². The van der Waals surface area contributed by atoms with Crippen molar-refractivity contribution < 1.29 is 5.11 Å². The smallest absolute Gasteiger partial charge is 0.128 e. The molecule has 2 heterocycles. The molecule has 0 amide bonds. The highest BCUT2D eigenvalue weighted by Gasteiger charge is 2.21. The summed E-state index contributed by atoms with van der Waals surface area (Å²) in [5.41, 5.74) is 0.930. The number of aliphatic hydroxyl groups is 1. The Kier molecular flexibility index (Phi) is 4.19. The second-order valence-electron chi connectivity index (χ2n) is 5.27. The molecule has 1 atom stereocenters. The summed E-state index contributed by atoms with van der Waals surface area (Å²) in [6.07, 6.45) is 3.70. The van der Waals surface area contributed by atoms with Gasteiger partial charge < -0.3 is 14.9 Å². The van der Waals surface area contributed by atoms with Crippen LogP contribution >= 0.6 is 0 Å². The van der Waals surface area contributed by atoms with E-state index < -0.39 is 6.10 Å². The zero-order chi connectivity index (χ0) is 13.1. The van der Waals surface area contributed by atoms with E-state index in [0.29, 0.717) is 6.04 Å². The van der Waals surface area contributed by atoms with Gasteiger partial charge in [0.25, 0.3) is 0 Å². The number of piperidine rings is 1. The van der Waals surface area contributed by atoms with Crippen molar-refractivity contribution in [1.82, 2.24) is 9.88 Å². The molecule has 0 saturated carbocycles. The lowest BCUT2D eigenvalue weighted by Gasteiger charge is -2.35. The first-order chi connectivity index (χ1) is 8.58. The average Bonchev–Trinajstić information content (AvgIpc) is 2.39. The molecule has 0 unspecified atom stereocenters. The molecule has 1 saturated heterocycles. The van der Waals surface area contributed by atoms with Crippen molar-refractivity contribution >= 4 is 5.82 Å². The topological polar surface area (TPSA) is 39.6 Å². The first kappa shape index (κ1) is 13.3. The van der Waals surface area contributed by atoms with Gasteiger partial charge in [0, 0.05) is 19.3 Å². The Bertz CT molecular complexity index is 386. The zero-order valence-electron chi connectivity index (χ0n) is 11.5. The van der Waals surface area contributed by atoms with Crippen LogP contribution in [0.25, 0.3) is 0 Å². The quantitative estimate of drug-likeness (QED) is 0.884. The third-order valence-corrected chi connectivity index (χ3v) is 3.85. The normalized spacial score (nSPS) is 19.8. The van der Waals surface area contributed by atoms with Crippen molar-refractivity contribution in [2.45, 2.75) is 31.9 Å². The summed E-state index contributed by atoms with van der Waals surface area (Å²) < 4.78 is 0. The standard InChI is InChI=1S/C14H23N3O/c1-11(18)12-4-7-15-14(10-12)17(3)13-5-8-16(2)9-6-13/h4,7,10-11,13,18H,5-6,8-9H2,1-3H3/t11-/m1/s1. The van der Waals surface area contributed by atoms with Gasteiger partial charge in [0.05, 0.1) is 6.10 Å². The third kappa shape index (κ3) is 3.00. The molecule has 4 nitrogen and oxygen atoms in total. The maximum absolute atomic E-state index is 9.62. The summed E-state index contributed by atoms with van der Waals surface area (Å²) >= 11 is 0. The lowest BCUT2D eigenvalue weighted by atomic mass is 10.0. The first-order valence-electron chi connectivity index (χ1n) is 6.63. The fourth-order valence-corrected chi connectivity index (χ4v) is 2.46. The predicted molar refractivity (Wildman–Crippen MR) is 73.8 cm³/mol. The molecule has 1 N–H and O–H groups in total. The number of aromatic nitrogens is 1. The fraction of sp³-hybridized carbons (Fsp3) is 0.643. The van der Waals surface area contributed by atoms with Crippen LogP contribution in [0.15, 0.2) is 18.3 Å². The van der Waals surface area contributed by atoms with E-state index >= 15 is 0 Å². The SMILES string of the molecule is C[C@@H](O)c1ccnc(N(C)C2CCN(C)CC2)c1. The monoisotopic (exact) mass is 249 g/mol. The van der Waals surface area contributed by atoms with E-state index in [9.17, 15) is 5.11 Å². The van der Waals surface area contributed by atoms with Crippen LogP contribution in [0.2, 0.25) is 0 Å². The van der Waals surface area contributed by atoms with E-state index in [1.54, 1.807) is 13.1 Å². The van der Waals surface area contributed by atoms with Gasteiger partial charge in [0.2, 0.25) is 0 Å². The summed E-state index contributed by atoms with van der Waals surface area (Å²) in [4.78, 5) is 9.03. The van der Waals surface area contributed by atoms with Crippen LogP contribution in [0.1, 0.15) is 31.4 Å². The Morgan fingerprint density at radius 3 is 2.72 bits per heavy atom. The lowest BCUT2D eigenvalue weighted by molar-refractivity contribution is 0.199. The minimum atomic E-state index is -0.433. The Balaban J connectivity index is 2.08. The molecule has 100 valence electrons. The predicted octanol–water partition coefficient (Wildman–Crippen LogP) is 1.67. The van der Waals surface area contributed by atoms with Gasteiger partial charge in [0.15, 0.2) is 0 Å². The van der Waals surface area contributed by atoms with Crippen molar-refractivity contribution in [2.24, 2.45) is 0 Å². The number of rotatable bonds is 3. The van der Waals surface area contributed by atoms with Crippen LogP contribution in [-0.4, -0.2) is 48.2 Å². The number of nitrogens with zero attached hydrogens (tertiary/aromatic N) is 3. The number of hydrogen-bond donors (Lipinski definition) is 1. The van der Waals surface area contributed by atoms with Gasteiger partial charge in [-0.1, -0.05) is 0 Å². The van der Waals surface area contributed by atoms with Crippen LogP contribution in [0.5, 0.6) is 0 Å². The van der Waals surface area contributed by atoms with E-state index in [4.69, 9.17) is 0 Å². The number of pyridine rings is 1. The molecule has 1 aliphatic rings. The maximum Gasteiger partial charge on any atom is 0.128 e. The van der Waals surface area contributed by atoms with E-state index in [0.717, 1.165) is 24.5 Å². The number of anilines is 1. The first-order valence-corrected chi connectivity index (χ1v) is 6.63. The van der Waals surface area contributed by atoms with Gasteiger partial charge in [-0.3, -0.25) is 0 Å². The van der Waals surface area contributed by atoms with E-state index in [1.165, 1.54) is 12.8 Å². The average molecular weight is 249 g/mol. The second-order valence-corrected chi connectivity index (χ2v) is 5.27. The summed E-state index contributed by atoms with van der Waals surface area (Å²) in [5, 5.41) is 9.62. The van der Waals surface area contributed by atoms with Crippen molar-refractivity contribution in [1.29, 1.82) is 0 Å². The summed E-state index contributed by atoms with van der Waals surface area (Å²) in [7, 11) is 4.27.